The summed E-state index contributed by atoms with van der Waals surface area (Å²) in [6.45, 7) is 0.0607. The average Bonchev–Trinajstić information content (AvgIpc) is 2.98. The Morgan fingerprint density at radius 1 is 1.12 bits per heavy atom. The molecule has 1 aliphatic rings. The van der Waals surface area contributed by atoms with Gasteiger partial charge >= 0.3 is 0 Å². The van der Waals surface area contributed by atoms with Crippen molar-refractivity contribution in [3.05, 3.63) is 57.8 Å². The fraction of sp³-hybridized carbons (Fsp3) is 0.312. The maximum atomic E-state index is 13.8. The van der Waals surface area contributed by atoms with E-state index in [1.807, 2.05) is 0 Å². The van der Waals surface area contributed by atoms with Gasteiger partial charge in [-0.2, -0.15) is 0 Å². The summed E-state index contributed by atoms with van der Waals surface area (Å²) in [7, 11) is -3.42. The van der Waals surface area contributed by atoms with Gasteiger partial charge in [-0.1, -0.05) is 12.1 Å². The molecule has 0 spiro atoms. The van der Waals surface area contributed by atoms with Gasteiger partial charge in [0.15, 0.2) is 9.84 Å². The number of halogens is 2. The molecule has 0 N–H and O–H groups in total. The molecule has 0 saturated carbocycles. The SMILES string of the molecule is O=C(c1c(F)cccc1F)N1CCC(c2cccs2)S(=O)(=O)CC1. The molecule has 1 aromatic carbocycles. The third-order valence-corrected chi connectivity index (χ3v) is 7.31. The second kappa shape index (κ2) is 6.60. The number of thiophene rings is 1. The number of hydrogen-bond donors (Lipinski definition) is 0. The van der Waals surface area contributed by atoms with Gasteiger partial charge in [0, 0.05) is 18.0 Å². The lowest BCUT2D eigenvalue weighted by molar-refractivity contribution is 0.0757. The zero-order valence-electron chi connectivity index (χ0n) is 12.6. The van der Waals surface area contributed by atoms with Crippen LogP contribution in [0.1, 0.15) is 26.9 Å². The van der Waals surface area contributed by atoms with Crippen molar-refractivity contribution in [2.75, 3.05) is 18.8 Å². The summed E-state index contributed by atoms with van der Waals surface area (Å²) in [5.41, 5.74) is -0.635. The summed E-state index contributed by atoms with van der Waals surface area (Å²) in [4.78, 5) is 14.4. The van der Waals surface area contributed by atoms with E-state index in [0.717, 1.165) is 17.0 Å². The summed E-state index contributed by atoms with van der Waals surface area (Å²) < 4.78 is 52.5. The maximum Gasteiger partial charge on any atom is 0.259 e. The highest BCUT2D eigenvalue weighted by molar-refractivity contribution is 7.91. The van der Waals surface area contributed by atoms with Crippen molar-refractivity contribution in [1.29, 1.82) is 0 Å². The number of hydrogen-bond acceptors (Lipinski definition) is 4. The van der Waals surface area contributed by atoms with E-state index in [-0.39, 0.29) is 25.3 Å². The van der Waals surface area contributed by atoms with Crippen molar-refractivity contribution in [3.8, 4) is 0 Å². The maximum absolute atomic E-state index is 13.8. The van der Waals surface area contributed by atoms with E-state index in [1.54, 1.807) is 17.5 Å². The van der Waals surface area contributed by atoms with Crippen LogP contribution in [0.15, 0.2) is 35.7 Å². The predicted octanol–water partition coefficient (Wildman–Crippen LogP) is 3.03. The third-order valence-electron chi connectivity index (χ3n) is 4.06. The lowest BCUT2D eigenvalue weighted by Crippen LogP contribution is -2.34. The van der Waals surface area contributed by atoms with E-state index in [4.69, 9.17) is 0 Å². The number of benzene rings is 1. The predicted molar refractivity (Wildman–Crippen MR) is 87.7 cm³/mol. The normalized spacial score (nSPS) is 20.6. The Kier molecular flexibility index (Phi) is 4.69. The Labute approximate surface area is 142 Å². The first kappa shape index (κ1) is 17.0. The minimum Gasteiger partial charge on any atom is -0.337 e. The molecule has 0 aliphatic carbocycles. The molecular weight excluding hydrogens is 356 g/mol. The zero-order valence-corrected chi connectivity index (χ0v) is 14.2. The van der Waals surface area contributed by atoms with E-state index in [1.165, 1.54) is 22.3 Å². The van der Waals surface area contributed by atoms with E-state index >= 15 is 0 Å². The molecule has 8 heteroatoms. The number of sulfone groups is 1. The van der Waals surface area contributed by atoms with Gasteiger partial charge < -0.3 is 4.90 Å². The quantitative estimate of drug-likeness (QED) is 0.815. The monoisotopic (exact) mass is 371 g/mol. The van der Waals surface area contributed by atoms with Gasteiger partial charge in [-0.3, -0.25) is 4.79 Å². The van der Waals surface area contributed by atoms with Crippen LogP contribution in [-0.4, -0.2) is 38.1 Å². The Balaban J connectivity index is 1.86. The first-order chi connectivity index (χ1) is 11.4. The van der Waals surface area contributed by atoms with E-state index in [9.17, 15) is 22.0 Å². The van der Waals surface area contributed by atoms with Crippen molar-refractivity contribution in [2.45, 2.75) is 11.7 Å². The Morgan fingerprint density at radius 2 is 1.83 bits per heavy atom. The van der Waals surface area contributed by atoms with Gasteiger partial charge in [0.05, 0.1) is 11.0 Å². The topological polar surface area (TPSA) is 54.5 Å². The molecule has 2 heterocycles. The average molecular weight is 371 g/mol. The standard InChI is InChI=1S/C16H15F2NO3S2/c17-11-3-1-4-12(18)15(11)16(20)19-7-6-14(13-5-2-9-23-13)24(21,22)10-8-19/h1-5,9,14H,6-8,10H2. The second-order valence-electron chi connectivity index (χ2n) is 5.55. The molecule has 0 bridgehead atoms. The van der Waals surface area contributed by atoms with Gasteiger partial charge in [-0.25, -0.2) is 17.2 Å². The fourth-order valence-corrected chi connectivity index (χ4v) is 5.81. The zero-order chi connectivity index (χ0) is 17.3. The van der Waals surface area contributed by atoms with E-state index < -0.39 is 38.2 Å². The molecule has 3 rings (SSSR count). The first-order valence-electron chi connectivity index (χ1n) is 7.38. The van der Waals surface area contributed by atoms with E-state index in [0.29, 0.717) is 0 Å². The van der Waals surface area contributed by atoms with Crippen LogP contribution in [0.4, 0.5) is 8.78 Å². The first-order valence-corrected chi connectivity index (χ1v) is 9.98. The fourth-order valence-electron chi connectivity index (χ4n) is 2.80. The molecule has 128 valence electrons. The Bertz CT molecular complexity index is 830. The summed E-state index contributed by atoms with van der Waals surface area (Å²) in [6, 6.07) is 6.73. The largest absolute Gasteiger partial charge is 0.337 e. The molecule has 0 radical (unpaired) electrons. The van der Waals surface area contributed by atoms with Crippen molar-refractivity contribution in [2.24, 2.45) is 0 Å². The van der Waals surface area contributed by atoms with Crippen LogP contribution in [0, 0.1) is 11.6 Å². The molecule has 1 unspecified atom stereocenters. The molecule has 1 atom stereocenters. The number of rotatable bonds is 2. The van der Waals surface area contributed by atoms with Crippen molar-refractivity contribution < 1.29 is 22.0 Å². The van der Waals surface area contributed by atoms with Crippen LogP contribution in [0.5, 0.6) is 0 Å². The van der Waals surface area contributed by atoms with Gasteiger partial charge in [-0.05, 0) is 30.0 Å². The van der Waals surface area contributed by atoms with Crippen LogP contribution >= 0.6 is 11.3 Å². The van der Waals surface area contributed by atoms with Gasteiger partial charge in [0.1, 0.15) is 17.2 Å². The number of amides is 1. The van der Waals surface area contributed by atoms with Crippen molar-refractivity contribution >= 4 is 27.1 Å². The molecule has 2 aromatic rings. The number of carbonyl (C=O) groups is 1. The highest BCUT2D eigenvalue weighted by atomic mass is 32.2. The summed E-state index contributed by atoms with van der Waals surface area (Å²) in [5.74, 6) is -2.92. The highest BCUT2D eigenvalue weighted by Gasteiger charge is 2.34. The lowest BCUT2D eigenvalue weighted by Gasteiger charge is -2.20. The van der Waals surface area contributed by atoms with Gasteiger partial charge in [0.2, 0.25) is 0 Å². The summed E-state index contributed by atoms with van der Waals surface area (Å²) >= 11 is 1.35. The summed E-state index contributed by atoms with van der Waals surface area (Å²) in [5, 5.41) is 1.12. The number of nitrogens with zero attached hydrogens (tertiary/aromatic N) is 1. The van der Waals surface area contributed by atoms with Crippen LogP contribution in [-0.2, 0) is 9.84 Å². The third kappa shape index (κ3) is 3.21. The van der Waals surface area contributed by atoms with Gasteiger partial charge in [-0.15, -0.1) is 11.3 Å². The molecular formula is C16H15F2NO3S2. The smallest absolute Gasteiger partial charge is 0.259 e. The van der Waals surface area contributed by atoms with Crippen LogP contribution in [0.3, 0.4) is 0 Å². The molecule has 1 saturated heterocycles. The van der Waals surface area contributed by atoms with Crippen molar-refractivity contribution in [1.82, 2.24) is 4.90 Å². The lowest BCUT2D eigenvalue weighted by atomic mass is 10.1. The molecule has 24 heavy (non-hydrogen) atoms. The van der Waals surface area contributed by atoms with Crippen LogP contribution in [0.25, 0.3) is 0 Å². The summed E-state index contributed by atoms with van der Waals surface area (Å²) in [6.07, 6.45) is 0.213. The second-order valence-corrected chi connectivity index (χ2v) is 8.83. The highest BCUT2D eigenvalue weighted by Crippen LogP contribution is 2.32. The van der Waals surface area contributed by atoms with Crippen molar-refractivity contribution in [3.63, 3.8) is 0 Å². The van der Waals surface area contributed by atoms with E-state index in [2.05, 4.69) is 0 Å². The van der Waals surface area contributed by atoms with Crippen LogP contribution < -0.4 is 0 Å². The molecule has 1 aliphatic heterocycles. The Morgan fingerprint density at radius 3 is 2.46 bits per heavy atom. The van der Waals surface area contributed by atoms with Gasteiger partial charge in [0.25, 0.3) is 5.91 Å². The molecule has 1 fully saturated rings. The molecule has 1 amide bonds. The molecule has 1 aromatic heterocycles. The Hall–Kier alpha value is -1.80. The minimum atomic E-state index is -3.42. The minimum absolute atomic E-state index is 0.0726. The molecule has 4 nitrogen and oxygen atoms in total. The van der Waals surface area contributed by atoms with Crippen LogP contribution in [0.2, 0.25) is 0 Å². The number of carbonyl (C=O) groups excluding carboxylic acids is 1.